The van der Waals surface area contributed by atoms with E-state index in [1.54, 1.807) is 13.3 Å². The zero-order chi connectivity index (χ0) is 10.8. The molecular formula is C11H19N3O. The first-order chi connectivity index (χ1) is 7.22. The molecule has 2 rings (SSSR count). The Bertz CT molecular complexity index is 319. The highest BCUT2D eigenvalue weighted by atomic mass is 16.5. The number of hydrogen-bond acceptors (Lipinski definition) is 3. The highest BCUT2D eigenvalue weighted by Crippen LogP contribution is 2.35. The molecule has 1 aromatic rings. The van der Waals surface area contributed by atoms with Crippen LogP contribution in [0.15, 0.2) is 12.4 Å². The van der Waals surface area contributed by atoms with Crippen LogP contribution in [0.5, 0.6) is 0 Å². The lowest BCUT2D eigenvalue weighted by molar-refractivity contribution is 0.0620. The SMILES string of the molecule is COC(C(N)Cc1nccn1C)C1CC1. The van der Waals surface area contributed by atoms with Gasteiger partial charge in [0, 0.05) is 39.0 Å². The van der Waals surface area contributed by atoms with Gasteiger partial charge in [-0.2, -0.15) is 0 Å². The molecule has 1 heterocycles. The minimum absolute atomic E-state index is 0.0589. The van der Waals surface area contributed by atoms with Gasteiger partial charge in [-0.1, -0.05) is 0 Å². The van der Waals surface area contributed by atoms with E-state index >= 15 is 0 Å². The van der Waals surface area contributed by atoms with E-state index in [2.05, 4.69) is 4.98 Å². The van der Waals surface area contributed by atoms with Gasteiger partial charge in [0.05, 0.1) is 6.10 Å². The average molecular weight is 209 g/mol. The highest BCUT2D eigenvalue weighted by Gasteiger charge is 2.35. The Morgan fingerprint density at radius 3 is 2.87 bits per heavy atom. The van der Waals surface area contributed by atoms with Crippen molar-refractivity contribution in [3.05, 3.63) is 18.2 Å². The van der Waals surface area contributed by atoms with Gasteiger partial charge in [-0.05, 0) is 18.8 Å². The molecule has 0 aliphatic heterocycles. The number of aromatic nitrogens is 2. The second kappa shape index (κ2) is 4.33. The number of methoxy groups -OCH3 is 1. The van der Waals surface area contributed by atoms with Crippen molar-refractivity contribution in [3.63, 3.8) is 0 Å². The molecule has 84 valence electrons. The van der Waals surface area contributed by atoms with Crippen molar-refractivity contribution >= 4 is 0 Å². The van der Waals surface area contributed by atoms with Crippen molar-refractivity contribution in [1.29, 1.82) is 0 Å². The van der Waals surface area contributed by atoms with Gasteiger partial charge < -0.3 is 15.0 Å². The predicted octanol–water partition coefficient (Wildman–Crippen LogP) is 0.715. The van der Waals surface area contributed by atoms with Crippen LogP contribution in [0.2, 0.25) is 0 Å². The summed E-state index contributed by atoms with van der Waals surface area (Å²) < 4.78 is 7.48. The van der Waals surface area contributed by atoms with Crippen molar-refractivity contribution < 1.29 is 4.74 Å². The molecule has 1 aliphatic carbocycles. The largest absolute Gasteiger partial charge is 0.380 e. The van der Waals surface area contributed by atoms with E-state index in [-0.39, 0.29) is 12.1 Å². The standard InChI is InChI=1S/C11H19N3O/c1-14-6-5-13-10(14)7-9(12)11(15-2)8-3-4-8/h5-6,8-9,11H,3-4,7,12H2,1-2H3. The van der Waals surface area contributed by atoms with E-state index < -0.39 is 0 Å². The number of nitrogens with two attached hydrogens (primary N) is 1. The number of rotatable bonds is 5. The predicted molar refractivity (Wildman–Crippen MR) is 58.4 cm³/mol. The summed E-state index contributed by atoms with van der Waals surface area (Å²) in [7, 11) is 3.75. The third-order valence-electron chi connectivity index (χ3n) is 3.12. The second-order valence-corrected chi connectivity index (χ2v) is 4.36. The van der Waals surface area contributed by atoms with Gasteiger partial charge in [-0.25, -0.2) is 4.98 Å². The number of nitrogens with zero attached hydrogens (tertiary/aromatic N) is 2. The molecule has 1 saturated carbocycles. The Hall–Kier alpha value is -0.870. The van der Waals surface area contributed by atoms with Crippen LogP contribution in [0.25, 0.3) is 0 Å². The molecule has 2 N–H and O–H groups in total. The summed E-state index contributed by atoms with van der Waals surface area (Å²) in [5, 5.41) is 0. The second-order valence-electron chi connectivity index (χ2n) is 4.36. The maximum atomic E-state index is 6.15. The summed E-state index contributed by atoms with van der Waals surface area (Å²) in [6.45, 7) is 0. The molecule has 4 nitrogen and oxygen atoms in total. The quantitative estimate of drug-likeness (QED) is 0.777. The van der Waals surface area contributed by atoms with E-state index in [1.807, 2.05) is 17.8 Å². The van der Waals surface area contributed by atoms with Crippen LogP contribution >= 0.6 is 0 Å². The Morgan fingerprint density at radius 2 is 2.40 bits per heavy atom. The van der Waals surface area contributed by atoms with Crippen molar-refractivity contribution in [2.75, 3.05) is 7.11 Å². The molecule has 2 unspecified atom stereocenters. The molecule has 0 saturated heterocycles. The van der Waals surface area contributed by atoms with Gasteiger partial charge >= 0.3 is 0 Å². The molecule has 0 radical (unpaired) electrons. The fourth-order valence-corrected chi connectivity index (χ4v) is 2.06. The minimum Gasteiger partial charge on any atom is -0.380 e. The van der Waals surface area contributed by atoms with Crippen molar-refractivity contribution in [2.45, 2.75) is 31.4 Å². The molecule has 0 amide bonds. The molecule has 0 bridgehead atoms. The lowest BCUT2D eigenvalue weighted by Crippen LogP contribution is -2.40. The number of imidazole rings is 1. The molecule has 0 spiro atoms. The average Bonchev–Trinajstić information content (AvgIpc) is 2.95. The molecule has 0 aromatic carbocycles. The summed E-state index contributed by atoms with van der Waals surface area (Å²) in [6, 6.07) is 0.0589. The van der Waals surface area contributed by atoms with E-state index in [0.29, 0.717) is 5.92 Å². The van der Waals surface area contributed by atoms with Crippen LogP contribution in [0, 0.1) is 5.92 Å². The lowest BCUT2D eigenvalue weighted by atomic mass is 10.0. The molecular weight excluding hydrogens is 190 g/mol. The third kappa shape index (κ3) is 2.38. The summed E-state index contributed by atoms with van der Waals surface area (Å²) in [6.07, 6.45) is 7.25. The highest BCUT2D eigenvalue weighted by molar-refractivity contribution is 4.98. The van der Waals surface area contributed by atoms with E-state index in [9.17, 15) is 0 Å². The normalized spacial score (nSPS) is 20.2. The molecule has 1 fully saturated rings. The Morgan fingerprint density at radius 1 is 1.67 bits per heavy atom. The maximum absolute atomic E-state index is 6.15. The molecule has 15 heavy (non-hydrogen) atoms. The van der Waals surface area contributed by atoms with E-state index in [0.717, 1.165) is 12.2 Å². The summed E-state index contributed by atoms with van der Waals surface area (Å²) >= 11 is 0. The Balaban J connectivity index is 1.95. The summed E-state index contributed by atoms with van der Waals surface area (Å²) in [5.41, 5.74) is 6.15. The van der Waals surface area contributed by atoms with Gasteiger partial charge in [-0.15, -0.1) is 0 Å². The van der Waals surface area contributed by atoms with Crippen LogP contribution in [-0.2, 0) is 18.2 Å². The molecule has 2 atom stereocenters. The summed E-state index contributed by atoms with van der Waals surface area (Å²) in [4.78, 5) is 4.28. The van der Waals surface area contributed by atoms with Crippen molar-refractivity contribution in [1.82, 2.24) is 9.55 Å². The van der Waals surface area contributed by atoms with Gasteiger partial charge in [-0.3, -0.25) is 0 Å². The smallest absolute Gasteiger partial charge is 0.110 e. The van der Waals surface area contributed by atoms with Crippen molar-refractivity contribution in [2.24, 2.45) is 18.7 Å². The monoisotopic (exact) mass is 209 g/mol. The first kappa shape index (κ1) is 10.6. The van der Waals surface area contributed by atoms with E-state index in [1.165, 1.54) is 12.8 Å². The number of aryl methyl sites for hydroxylation is 1. The summed E-state index contributed by atoms with van der Waals surface area (Å²) in [5.74, 6) is 1.70. The van der Waals surface area contributed by atoms with Crippen LogP contribution in [0.4, 0.5) is 0 Å². The van der Waals surface area contributed by atoms with Gasteiger partial charge in [0.25, 0.3) is 0 Å². The zero-order valence-electron chi connectivity index (χ0n) is 9.39. The third-order valence-corrected chi connectivity index (χ3v) is 3.12. The Kier molecular flexibility index (Phi) is 3.07. The van der Waals surface area contributed by atoms with E-state index in [4.69, 9.17) is 10.5 Å². The number of hydrogen-bond donors (Lipinski definition) is 1. The van der Waals surface area contributed by atoms with Crippen LogP contribution in [0.1, 0.15) is 18.7 Å². The fourth-order valence-electron chi connectivity index (χ4n) is 2.06. The number of ether oxygens (including phenoxy) is 1. The molecule has 1 aromatic heterocycles. The van der Waals surface area contributed by atoms with Gasteiger partial charge in [0.15, 0.2) is 0 Å². The van der Waals surface area contributed by atoms with Crippen molar-refractivity contribution in [3.8, 4) is 0 Å². The lowest BCUT2D eigenvalue weighted by Gasteiger charge is -2.21. The maximum Gasteiger partial charge on any atom is 0.110 e. The molecule has 4 heteroatoms. The van der Waals surface area contributed by atoms with Crippen LogP contribution in [-0.4, -0.2) is 28.8 Å². The van der Waals surface area contributed by atoms with Crippen LogP contribution < -0.4 is 5.73 Å². The first-order valence-corrected chi connectivity index (χ1v) is 5.47. The molecule has 1 aliphatic rings. The zero-order valence-corrected chi connectivity index (χ0v) is 9.39. The first-order valence-electron chi connectivity index (χ1n) is 5.47. The van der Waals surface area contributed by atoms with Crippen LogP contribution in [0.3, 0.4) is 0 Å². The van der Waals surface area contributed by atoms with Gasteiger partial charge in [0.1, 0.15) is 5.82 Å². The fraction of sp³-hybridized carbons (Fsp3) is 0.727. The Labute approximate surface area is 90.4 Å². The minimum atomic E-state index is 0.0589. The topological polar surface area (TPSA) is 53.1 Å². The van der Waals surface area contributed by atoms with Gasteiger partial charge in [0.2, 0.25) is 0 Å².